The minimum absolute atomic E-state index is 0.189. The Labute approximate surface area is 277 Å². The number of benzene rings is 3. The highest BCUT2D eigenvalue weighted by molar-refractivity contribution is 7.84. The first-order valence-electron chi connectivity index (χ1n) is 13.3. The molecule has 1 atom stereocenters. The van der Waals surface area contributed by atoms with Crippen molar-refractivity contribution in [1.29, 1.82) is 0 Å². The average Bonchev–Trinajstić information content (AvgIpc) is 2.97. The second kappa shape index (κ2) is 13.8. The molecule has 0 aliphatic heterocycles. The van der Waals surface area contributed by atoms with Gasteiger partial charge in [0, 0.05) is 72.2 Å². The van der Waals surface area contributed by atoms with E-state index in [0.717, 1.165) is 52.5 Å². The van der Waals surface area contributed by atoms with E-state index in [2.05, 4.69) is 0 Å². The Morgan fingerprint density at radius 3 is 1.59 bits per heavy atom. The predicted octanol–water partition coefficient (Wildman–Crippen LogP) is 9.15. The van der Waals surface area contributed by atoms with E-state index in [-0.39, 0.29) is 11.2 Å². The molecule has 3 heterocycles. The van der Waals surface area contributed by atoms with Crippen LogP contribution in [0.4, 0.5) is 4.39 Å². The van der Waals surface area contributed by atoms with E-state index in [4.69, 9.17) is 47.6 Å². The molecule has 5 nitrogen and oxygen atoms in total. The fourth-order valence-electron chi connectivity index (χ4n) is 4.87. The normalized spacial score (nSPS) is 11.6. The van der Waals surface area contributed by atoms with Gasteiger partial charge in [-0.3, -0.25) is 9.00 Å². The van der Waals surface area contributed by atoms with Gasteiger partial charge in [0.1, 0.15) is 10.7 Å². The van der Waals surface area contributed by atoms with Crippen LogP contribution in [0.3, 0.4) is 0 Å². The third kappa shape index (κ3) is 7.19. The van der Waals surface area contributed by atoms with E-state index >= 15 is 0 Å². The van der Waals surface area contributed by atoms with Crippen LogP contribution in [0.2, 0.25) is 10.0 Å². The first-order chi connectivity index (χ1) is 20.7. The number of nitrogens with zero attached hydrogens (tertiary/aromatic N) is 3. The fourth-order valence-corrected chi connectivity index (χ4v) is 6.33. The van der Waals surface area contributed by atoms with Crippen LogP contribution in [-0.4, -0.2) is 24.2 Å². The molecule has 0 N–H and O–H groups in total. The second-order valence-corrected chi connectivity index (χ2v) is 13.4. The Morgan fingerprint density at radius 1 is 0.682 bits per heavy atom. The first-order valence-corrected chi connectivity index (χ1v) is 16.5. The van der Waals surface area contributed by atoms with Gasteiger partial charge < -0.3 is 13.7 Å². The van der Waals surface area contributed by atoms with Gasteiger partial charge in [-0.25, -0.2) is 4.39 Å². The van der Waals surface area contributed by atoms with Crippen LogP contribution in [0.15, 0.2) is 82.9 Å². The topological polar surface area (TPSA) is 48.9 Å². The summed E-state index contributed by atoms with van der Waals surface area (Å²) in [5.74, 6) is -0.230. The van der Waals surface area contributed by atoms with Gasteiger partial charge in [-0.1, -0.05) is 47.6 Å². The van der Waals surface area contributed by atoms with Crippen molar-refractivity contribution >= 4 is 91.1 Å². The number of fused-ring (bicyclic) bond motifs is 3. The lowest BCUT2D eigenvalue weighted by atomic mass is 10.1. The summed E-state index contributed by atoms with van der Waals surface area (Å²) in [6.07, 6.45) is 7.04. The van der Waals surface area contributed by atoms with Crippen molar-refractivity contribution in [2.45, 2.75) is 18.7 Å². The number of hydrogen-bond donors (Lipinski definition) is 0. The van der Waals surface area contributed by atoms with Gasteiger partial charge in [-0.2, -0.15) is 0 Å². The van der Waals surface area contributed by atoms with Crippen molar-refractivity contribution in [3.05, 3.63) is 119 Å². The number of aromatic nitrogens is 3. The monoisotopic (exact) mass is 685 g/mol. The fraction of sp³-hybridized carbons (Fsp3) is 0.182. The number of aryl methyl sites for hydroxylation is 5. The van der Waals surface area contributed by atoms with Crippen molar-refractivity contribution in [1.82, 2.24) is 13.7 Å². The molecule has 0 fully saturated rings. The Kier molecular flexibility index (Phi) is 10.6. The molecule has 0 aliphatic rings. The van der Waals surface area contributed by atoms with Gasteiger partial charge in [0.15, 0.2) is 0 Å². The van der Waals surface area contributed by atoms with E-state index in [1.165, 1.54) is 18.4 Å². The molecule has 0 radical (unpaired) electrons. The summed E-state index contributed by atoms with van der Waals surface area (Å²) in [5.41, 5.74) is 4.63. The van der Waals surface area contributed by atoms with Gasteiger partial charge in [0.25, 0.3) is 0 Å². The van der Waals surface area contributed by atoms with Crippen molar-refractivity contribution in [2.24, 2.45) is 21.1 Å². The molecule has 6 aromatic rings. The molecule has 3 aromatic carbocycles. The molecule has 11 heteroatoms. The standard InChI is InChI=1S/C11H10ClNO2S.C11H10ClNS.C11H10FNS/c1-13-6-10(16(2)15)11(14)8-4-3-7(12)5-9(8)13;2*1-7-6-13(2)10-5-8(12)3-4-9(10)11(7)14/h3-6H,1-2H3;2*3-6H,1-2H3. The van der Waals surface area contributed by atoms with Crippen LogP contribution >= 0.6 is 47.6 Å². The number of pyridine rings is 3. The zero-order valence-corrected chi connectivity index (χ0v) is 28.9. The lowest BCUT2D eigenvalue weighted by Gasteiger charge is -2.07. The Hall–Kier alpha value is -3.21. The van der Waals surface area contributed by atoms with Crippen molar-refractivity contribution < 1.29 is 8.60 Å². The molecular weight excluding hydrogens is 656 g/mol. The minimum atomic E-state index is -1.28. The summed E-state index contributed by atoms with van der Waals surface area (Å²) < 4.78 is 31.8. The molecule has 3 aromatic heterocycles. The highest BCUT2D eigenvalue weighted by Gasteiger charge is 2.10. The van der Waals surface area contributed by atoms with Crippen LogP contribution in [0.5, 0.6) is 0 Å². The van der Waals surface area contributed by atoms with Crippen LogP contribution in [0, 0.1) is 28.7 Å². The zero-order valence-electron chi connectivity index (χ0n) is 24.9. The average molecular weight is 687 g/mol. The maximum atomic E-state index is 13.0. The lowest BCUT2D eigenvalue weighted by molar-refractivity contribution is 0.628. The van der Waals surface area contributed by atoms with E-state index in [9.17, 15) is 13.4 Å². The molecule has 0 spiro atoms. The van der Waals surface area contributed by atoms with Crippen molar-refractivity contribution in [2.75, 3.05) is 6.26 Å². The van der Waals surface area contributed by atoms with Crippen molar-refractivity contribution in [3.63, 3.8) is 0 Å². The lowest BCUT2D eigenvalue weighted by Crippen LogP contribution is -2.13. The second-order valence-electron chi connectivity index (χ2n) is 10.4. The maximum absolute atomic E-state index is 13.0. The zero-order chi connectivity index (χ0) is 32.5. The van der Waals surface area contributed by atoms with Gasteiger partial charge in [-0.15, -0.1) is 0 Å². The molecule has 1 unspecified atom stereocenters. The molecule has 44 heavy (non-hydrogen) atoms. The molecule has 0 amide bonds. The molecule has 0 saturated heterocycles. The van der Waals surface area contributed by atoms with E-state index in [1.54, 1.807) is 42.1 Å². The Balaban J connectivity index is 0.000000151. The van der Waals surface area contributed by atoms with E-state index in [1.807, 2.05) is 67.7 Å². The summed E-state index contributed by atoms with van der Waals surface area (Å²) in [4.78, 5) is 12.3. The third-order valence-electron chi connectivity index (χ3n) is 7.09. The quantitative estimate of drug-likeness (QED) is 0.162. The molecule has 228 valence electrons. The molecular formula is C33H30Cl2FN3O2S3. The maximum Gasteiger partial charge on any atom is 0.205 e. The summed E-state index contributed by atoms with van der Waals surface area (Å²) in [6.45, 7) is 3.99. The van der Waals surface area contributed by atoms with Crippen LogP contribution in [-0.2, 0) is 31.9 Å². The predicted molar refractivity (Wildman–Crippen MR) is 188 cm³/mol. The van der Waals surface area contributed by atoms with Gasteiger partial charge in [0.2, 0.25) is 5.43 Å². The van der Waals surface area contributed by atoms with Gasteiger partial charge in [-0.05, 0) is 79.6 Å². The third-order valence-corrected chi connectivity index (χ3v) is 9.55. The summed E-state index contributed by atoms with van der Waals surface area (Å²) in [5, 5.41) is 3.88. The largest absolute Gasteiger partial charge is 0.350 e. The Bertz CT molecular complexity index is 2170. The van der Waals surface area contributed by atoms with Gasteiger partial charge >= 0.3 is 0 Å². The van der Waals surface area contributed by atoms with E-state index < -0.39 is 10.8 Å². The number of hydrogen-bond acceptors (Lipinski definition) is 4. The highest BCUT2D eigenvalue weighted by atomic mass is 35.5. The van der Waals surface area contributed by atoms with Gasteiger partial charge in [0.05, 0.1) is 36.4 Å². The summed E-state index contributed by atoms with van der Waals surface area (Å²) >= 11 is 22.4. The molecule has 0 bridgehead atoms. The number of halogens is 3. The Morgan fingerprint density at radius 2 is 1.09 bits per heavy atom. The summed E-state index contributed by atoms with van der Waals surface area (Å²) in [7, 11) is 4.41. The molecule has 6 rings (SSSR count). The van der Waals surface area contributed by atoms with Crippen LogP contribution < -0.4 is 5.43 Å². The van der Waals surface area contributed by atoms with E-state index in [0.29, 0.717) is 15.3 Å². The highest BCUT2D eigenvalue weighted by Crippen LogP contribution is 2.22. The first kappa shape index (κ1) is 33.7. The SMILES string of the molecule is Cc1cn(C)c2cc(Cl)ccc2c1=S.Cc1cn(C)c2cc(F)ccc2c1=S.Cn1cc(S(C)=O)c(=O)c2ccc(Cl)cc21. The van der Waals surface area contributed by atoms with Crippen LogP contribution in [0.25, 0.3) is 32.7 Å². The number of rotatable bonds is 1. The van der Waals surface area contributed by atoms with Crippen LogP contribution in [0.1, 0.15) is 11.1 Å². The molecule has 0 aliphatic carbocycles. The minimum Gasteiger partial charge on any atom is -0.350 e. The molecule has 0 saturated carbocycles. The van der Waals surface area contributed by atoms with Crippen molar-refractivity contribution in [3.8, 4) is 0 Å². The summed E-state index contributed by atoms with van der Waals surface area (Å²) in [6, 6.07) is 15.5. The smallest absolute Gasteiger partial charge is 0.205 e.